The Kier molecular flexibility index (Phi) is 49.2. The van der Waals surface area contributed by atoms with Gasteiger partial charge in [-0.3, -0.25) is 9.32 Å². The molecule has 0 spiro atoms. The van der Waals surface area contributed by atoms with Gasteiger partial charge >= 0.3 is 33.3 Å². The summed E-state index contributed by atoms with van der Waals surface area (Å²) in [7, 11) is 0. The van der Waals surface area contributed by atoms with Crippen molar-refractivity contribution in [2.45, 2.75) is 197 Å². The summed E-state index contributed by atoms with van der Waals surface area (Å²) in [5.41, 5.74) is -0.277. The SMILES string of the molecule is CC(=O)NC1[C@H](OCCCCOP(=O)(S)OCCCOCC(COCCCCCCCCOP(=O)(S)OC(=O)OCc2ccccc2)(COCCCOP(=O)(S)OCCCCO[C@@H]2OC(CO)[C@@H](O)[C@H](O)C2C)COCCCOP(=O)(S)OCCCO[C@@H]2OC(CO)[C@@H](O)[C@H](O)C2C)OC(CO)[C@@H](O)[C@@H]1O. The number of unbranched alkanes of at least 4 members (excludes halogenated alkanes) is 7. The minimum atomic E-state index is -4.02. The normalized spacial score (nSPS) is 27.8. The van der Waals surface area contributed by atoms with Gasteiger partial charge in [-0.15, -0.1) is 0 Å². The quantitative estimate of drug-likeness (QED) is 0.0148. The Bertz CT molecular complexity index is 2740. The van der Waals surface area contributed by atoms with Gasteiger partial charge in [0.15, 0.2) is 18.9 Å². The molecule has 20 atom stereocenters. The van der Waals surface area contributed by atoms with Crippen molar-refractivity contribution in [2.24, 2.45) is 17.3 Å². The highest BCUT2D eigenvalue weighted by Crippen LogP contribution is 2.55. The molecule has 3 heterocycles. The van der Waals surface area contributed by atoms with E-state index < -0.39 is 156 Å². The van der Waals surface area contributed by atoms with Gasteiger partial charge < -0.3 is 135 Å². The molecule has 10 N–H and O–H groups in total. The van der Waals surface area contributed by atoms with Gasteiger partial charge in [-0.25, -0.2) is 23.1 Å². The summed E-state index contributed by atoms with van der Waals surface area (Å²) in [5.74, 6) is -1.67. The summed E-state index contributed by atoms with van der Waals surface area (Å²) < 4.78 is 159. The highest BCUT2D eigenvalue weighted by molar-refractivity contribution is 8.45. The zero-order valence-corrected chi connectivity index (χ0v) is 67.5. The van der Waals surface area contributed by atoms with Crippen LogP contribution in [0.1, 0.15) is 116 Å². The van der Waals surface area contributed by atoms with Gasteiger partial charge in [0.2, 0.25) is 5.91 Å². The smallest absolute Gasteiger partial charge is 0.429 e. The first-order valence-electron chi connectivity index (χ1n) is 35.5. The van der Waals surface area contributed by atoms with Gasteiger partial charge in [0.05, 0.1) is 117 Å². The first-order valence-corrected chi connectivity index (χ1v) is 46.3. The van der Waals surface area contributed by atoms with E-state index in [1.807, 2.05) is 6.07 Å². The number of aliphatic hydroxyl groups excluding tert-OH is 9. The zero-order valence-electron chi connectivity index (χ0n) is 60.3. The van der Waals surface area contributed by atoms with Crippen LogP contribution in [0.3, 0.4) is 0 Å². The maximum Gasteiger partial charge on any atom is 0.515 e. The Labute approximate surface area is 641 Å². The molecule has 35 nitrogen and oxygen atoms in total. The molecule has 620 valence electrons. The number of benzene rings is 1. The van der Waals surface area contributed by atoms with E-state index in [0.717, 1.165) is 19.3 Å². The summed E-state index contributed by atoms with van der Waals surface area (Å²) >= 11 is 16.3. The summed E-state index contributed by atoms with van der Waals surface area (Å²) in [6, 6.07) is 7.76. The summed E-state index contributed by atoms with van der Waals surface area (Å²) in [6.45, 7) is -12.2. The maximum absolute atomic E-state index is 13.2. The van der Waals surface area contributed by atoms with Crippen molar-refractivity contribution in [1.82, 2.24) is 5.32 Å². The molecule has 1 amide bonds. The lowest BCUT2D eigenvalue weighted by Gasteiger charge is -2.42. The molecule has 43 heteroatoms. The highest BCUT2D eigenvalue weighted by Gasteiger charge is 2.47. The lowest BCUT2D eigenvalue weighted by atomic mass is 9.92. The van der Waals surface area contributed by atoms with E-state index in [0.29, 0.717) is 57.1 Å². The van der Waals surface area contributed by atoms with Crippen LogP contribution < -0.4 is 5.32 Å². The number of amides is 1. The summed E-state index contributed by atoms with van der Waals surface area (Å²) in [6.07, 6.45) is -8.44. The topological polar surface area (TPSA) is 472 Å². The Morgan fingerprint density at radius 1 is 0.425 bits per heavy atom. The molecule has 3 fully saturated rings. The van der Waals surface area contributed by atoms with Crippen molar-refractivity contribution in [3.63, 3.8) is 0 Å². The second-order valence-electron chi connectivity index (χ2n) is 25.7. The molecule has 3 aliphatic heterocycles. The largest absolute Gasteiger partial charge is 0.515 e. The molecule has 3 aliphatic rings. The first-order chi connectivity index (χ1) is 50.5. The van der Waals surface area contributed by atoms with Gasteiger partial charge in [0, 0.05) is 58.4 Å². The fraction of sp³-hybridized carbons (Fsp3) is 0.873. The van der Waals surface area contributed by atoms with E-state index >= 15 is 0 Å². The second kappa shape index (κ2) is 53.4. The third-order valence-corrected chi connectivity index (χ3v) is 23.2. The van der Waals surface area contributed by atoms with Crippen LogP contribution in [0.4, 0.5) is 4.79 Å². The molecule has 0 saturated carbocycles. The van der Waals surface area contributed by atoms with E-state index in [4.69, 9.17) is 88.3 Å². The second-order valence-corrected chi connectivity index (χ2v) is 37.3. The van der Waals surface area contributed by atoms with Gasteiger partial charge in [-0.1, -0.05) is 107 Å². The molecule has 0 aliphatic carbocycles. The molecular formula is C63H115NO34P4S4. The van der Waals surface area contributed by atoms with Crippen molar-refractivity contribution < 1.29 is 162 Å². The molecule has 3 saturated heterocycles. The maximum atomic E-state index is 13.2. The number of rotatable bonds is 60. The number of nitrogens with one attached hydrogen (secondary N) is 1. The number of hydrogen-bond donors (Lipinski definition) is 14. The van der Waals surface area contributed by atoms with Gasteiger partial charge in [-0.2, -0.15) is 0 Å². The van der Waals surface area contributed by atoms with Crippen LogP contribution in [0.25, 0.3) is 0 Å². The minimum Gasteiger partial charge on any atom is -0.429 e. The number of carbonyl (C=O) groups is 2. The number of thiol groups is 4. The van der Waals surface area contributed by atoms with Gasteiger partial charge in [0.1, 0.15) is 55.4 Å². The Balaban J connectivity index is 1.31. The molecule has 0 radical (unpaired) electrons. The van der Waals surface area contributed by atoms with Crippen LogP contribution in [0.15, 0.2) is 30.3 Å². The third kappa shape index (κ3) is 39.5. The van der Waals surface area contributed by atoms with Gasteiger partial charge in [-0.05, 0) is 82.0 Å². The van der Waals surface area contributed by atoms with E-state index in [2.05, 4.69) is 54.3 Å². The highest BCUT2D eigenvalue weighted by atomic mass is 32.7. The van der Waals surface area contributed by atoms with E-state index in [1.54, 1.807) is 38.1 Å². The molecular weight excluding hydrogens is 1570 g/mol. The Morgan fingerprint density at radius 2 is 0.736 bits per heavy atom. The van der Waals surface area contributed by atoms with Crippen LogP contribution in [0.5, 0.6) is 0 Å². The monoisotopic (exact) mass is 1680 g/mol. The lowest BCUT2D eigenvalue weighted by Crippen LogP contribution is -2.64. The zero-order chi connectivity index (χ0) is 78.0. The number of carbonyl (C=O) groups excluding carboxylic acids is 2. The number of aliphatic hydroxyl groups is 9. The lowest BCUT2D eigenvalue weighted by molar-refractivity contribution is -0.282. The Hall–Kier alpha value is -0.760. The van der Waals surface area contributed by atoms with E-state index in [1.165, 1.54) is 6.92 Å². The van der Waals surface area contributed by atoms with Crippen molar-refractivity contribution in [3.8, 4) is 0 Å². The average molecular weight is 1680 g/mol. The van der Waals surface area contributed by atoms with Crippen molar-refractivity contribution in [3.05, 3.63) is 35.9 Å². The van der Waals surface area contributed by atoms with Crippen LogP contribution in [0.2, 0.25) is 0 Å². The fourth-order valence-corrected chi connectivity index (χ4v) is 15.6. The third-order valence-electron chi connectivity index (χ3n) is 16.6. The van der Waals surface area contributed by atoms with Crippen LogP contribution >= 0.6 is 76.2 Å². The van der Waals surface area contributed by atoms with Crippen LogP contribution in [-0.2, 0) is 118 Å². The predicted molar refractivity (Wildman–Crippen MR) is 393 cm³/mol. The molecule has 1 aromatic carbocycles. The van der Waals surface area contributed by atoms with E-state index in [-0.39, 0.29) is 145 Å². The molecule has 4 rings (SSSR count). The predicted octanol–water partition coefficient (Wildman–Crippen LogP) is 6.27. The van der Waals surface area contributed by atoms with Crippen molar-refractivity contribution in [2.75, 3.05) is 139 Å². The van der Waals surface area contributed by atoms with Crippen molar-refractivity contribution >= 4 is 88.2 Å². The molecule has 0 bridgehead atoms. The first kappa shape index (κ1) is 97.6. The molecule has 1 aromatic rings. The standard InChI is InChI=1S/C63H115NO34P4S4/c1-45-53(69)55(71)49(37-65)95-59(45)84-27-13-15-31-88-99(76,103)90-33-17-24-81-42-63(41-80-23-11-6-4-5-7-12-30-94-102(79,106)98-62(75)87-40-48-21-9-8-10-22-48,44-83-26-19-35-92-101(78,105)93-36-20-29-85-60-46(2)54(70)56(72)50(38-66)96-60)43-82-25-18-34-91-100(77,104)89-32-16-14-28-86-61-52(64-47(3)68)58(74)57(73)51(39-67)97-61/h8-10,21-22,45-46,49-61,65-67,69-74H,4-7,11-20,23-44H2,1-3H3,(H,64,68)(H,76,103)(H,77,104)(H,78,105)(H,79,106)/t45?,46?,49?,50?,51?,52?,53-,54-,55-,56-,57-,58-,59-,60-,61-,63?,99?,100?,101?,102?/m1/s1. The van der Waals surface area contributed by atoms with E-state index in [9.17, 15) is 73.8 Å². The Morgan fingerprint density at radius 3 is 1.14 bits per heavy atom. The molecule has 11 unspecified atom stereocenters. The van der Waals surface area contributed by atoms with Crippen LogP contribution in [-0.4, -0.2) is 277 Å². The fourth-order valence-electron chi connectivity index (χ4n) is 10.6. The number of ether oxygens (including phenoxy) is 11. The molecule has 106 heavy (non-hydrogen) atoms. The summed E-state index contributed by atoms with van der Waals surface area (Å²) in [4.78, 5) is 23.9. The number of hydrogen-bond acceptors (Lipinski definition) is 34. The summed E-state index contributed by atoms with van der Waals surface area (Å²) in [5, 5.41) is 93.0. The molecule has 0 aromatic heterocycles. The van der Waals surface area contributed by atoms with Crippen molar-refractivity contribution in [1.29, 1.82) is 0 Å². The average Bonchev–Trinajstić information content (AvgIpc) is 0.816. The van der Waals surface area contributed by atoms with Crippen LogP contribution in [0, 0.1) is 17.3 Å². The van der Waals surface area contributed by atoms with Gasteiger partial charge in [0.25, 0.3) is 0 Å². The minimum absolute atomic E-state index is 0.00137.